The second kappa shape index (κ2) is 20.3. The SMILES string of the molecule is CCCCCCCOCC(O)CNc1ccc(NCC(O)COCCCCCCC)cc1. The molecule has 0 aliphatic carbocycles. The van der Waals surface area contributed by atoms with Crippen LogP contribution in [0, 0.1) is 0 Å². The molecule has 4 N–H and O–H groups in total. The van der Waals surface area contributed by atoms with Crippen molar-refractivity contribution in [3.05, 3.63) is 24.3 Å². The topological polar surface area (TPSA) is 83.0 Å². The van der Waals surface area contributed by atoms with Crippen LogP contribution < -0.4 is 10.6 Å². The highest BCUT2D eigenvalue weighted by molar-refractivity contribution is 5.53. The van der Waals surface area contributed by atoms with Crippen LogP contribution in [0.1, 0.15) is 78.1 Å². The Kier molecular flexibility index (Phi) is 18.2. The second-order valence-electron chi connectivity index (χ2n) is 8.63. The Labute approximate surface area is 196 Å². The van der Waals surface area contributed by atoms with Gasteiger partial charge in [-0.1, -0.05) is 65.2 Å². The first-order valence-electron chi connectivity index (χ1n) is 12.7. The number of hydrogen-bond donors (Lipinski definition) is 4. The van der Waals surface area contributed by atoms with Gasteiger partial charge in [-0.25, -0.2) is 0 Å². The van der Waals surface area contributed by atoms with Crippen LogP contribution in [0.15, 0.2) is 24.3 Å². The van der Waals surface area contributed by atoms with E-state index in [0.717, 1.165) is 37.4 Å². The van der Waals surface area contributed by atoms with Gasteiger partial charge in [-0.15, -0.1) is 0 Å². The molecule has 2 unspecified atom stereocenters. The van der Waals surface area contributed by atoms with Crippen LogP contribution in [-0.4, -0.2) is 61.9 Å². The Morgan fingerprint density at radius 3 is 1.38 bits per heavy atom. The number of ether oxygens (including phenoxy) is 2. The van der Waals surface area contributed by atoms with Crippen molar-refractivity contribution in [2.75, 3.05) is 50.2 Å². The summed E-state index contributed by atoms with van der Waals surface area (Å²) in [7, 11) is 0. The zero-order chi connectivity index (χ0) is 23.3. The lowest BCUT2D eigenvalue weighted by atomic mass is 10.2. The van der Waals surface area contributed by atoms with Crippen LogP contribution >= 0.6 is 0 Å². The van der Waals surface area contributed by atoms with E-state index in [2.05, 4.69) is 24.5 Å². The molecule has 0 spiro atoms. The first-order valence-corrected chi connectivity index (χ1v) is 12.7. The van der Waals surface area contributed by atoms with E-state index in [-0.39, 0.29) is 0 Å². The molecule has 186 valence electrons. The first kappa shape index (κ1) is 28.7. The van der Waals surface area contributed by atoms with Gasteiger partial charge in [0, 0.05) is 37.7 Å². The predicted octanol–water partition coefficient (Wildman–Crippen LogP) is 5.21. The number of nitrogens with one attached hydrogen (secondary N) is 2. The second-order valence-corrected chi connectivity index (χ2v) is 8.63. The summed E-state index contributed by atoms with van der Waals surface area (Å²) in [6.07, 6.45) is 11.1. The highest BCUT2D eigenvalue weighted by Gasteiger charge is 2.06. The van der Waals surface area contributed by atoms with Crippen LogP contribution in [0.4, 0.5) is 11.4 Å². The minimum atomic E-state index is -0.523. The maximum atomic E-state index is 10.1. The number of anilines is 2. The molecule has 0 aliphatic rings. The van der Waals surface area contributed by atoms with Gasteiger partial charge in [0.25, 0.3) is 0 Å². The largest absolute Gasteiger partial charge is 0.389 e. The van der Waals surface area contributed by atoms with Crippen LogP contribution in [0.25, 0.3) is 0 Å². The number of unbranched alkanes of at least 4 members (excludes halogenated alkanes) is 8. The molecule has 0 bridgehead atoms. The van der Waals surface area contributed by atoms with Gasteiger partial charge in [-0.3, -0.25) is 0 Å². The Morgan fingerprint density at radius 2 is 1.00 bits per heavy atom. The highest BCUT2D eigenvalue weighted by atomic mass is 16.5. The highest BCUT2D eigenvalue weighted by Crippen LogP contribution is 2.14. The number of rotatable bonds is 22. The first-order chi connectivity index (χ1) is 15.7. The molecule has 1 aromatic carbocycles. The molecule has 2 atom stereocenters. The fourth-order valence-electron chi connectivity index (χ4n) is 3.35. The third kappa shape index (κ3) is 16.3. The van der Waals surface area contributed by atoms with E-state index in [9.17, 15) is 10.2 Å². The van der Waals surface area contributed by atoms with Crippen molar-refractivity contribution in [3.63, 3.8) is 0 Å². The van der Waals surface area contributed by atoms with Gasteiger partial charge in [0.15, 0.2) is 0 Å². The molecule has 6 nitrogen and oxygen atoms in total. The van der Waals surface area contributed by atoms with Crippen molar-refractivity contribution in [2.24, 2.45) is 0 Å². The Hall–Kier alpha value is -1.34. The Morgan fingerprint density at radius 1 is 0.625 bits per heavy atom. The lowest BCUT2D eigenvalue weighted by Crippen LogP contribution is -2.25. The van der Waals surface area contributed by atoms with Gasteiger partial charge in [-0.2, -0.15) is 0 Å². The fraction of sp³-hybridized carbons (Fsp3) is 0.769. The van der Waals surface area contributed by atoms with Crippen molar-refractivity contribution < 1.29 is 19.7 Å². The predicted molar refractivity (Wildman–Crippen MR) is 135 cm³/mol. The summed E-state index contributed by atoms with van der Waals surface area (Å²) < 4.78 is 11.1. The zero-order valence-corrected chi connectivity index (χ0v) is 20.5. The molecule has 0 saturated carbocycles. The van der Waals surface area contributed by atoms with Gasteiger partial charge in [-0.05, 0) is 37.1 Å². The summed E-state index contributed by atoms with van der Waals surface area (Å²) >= 11 is 0. The van der Waals surface area contributed by atoms with Gasteiger partial charge in [0.1, 0.15) is 0 Å². The minimum Gasteiger partial charge on any atom is -0.389 e. The molecule has 6 heteroatoms. The summed E-state index contributed by atoms with van der Waals surface area (Å²) in [6, 6.07) is 7.84. The van der Waals surface area contributed by atoms with E-state index in [1.165, 1.54) is 51.4 Å². The molecule has 0 aromatic heterocycles. The van der Waals surface area contributed by atoms with Crippen molar-refractivity contribution in [1.29, 1.82) is 0 Å². The zero-order valence-electron chi connectivity index (χ0n) is 20.5. The van der Waals surface area contributed by atoms with Gasteiger partial charge in [0.05, 0.1) is 25.4 Å². The maximum Gasteiger partial charge on any atom is 0.0945 e. The molecule has 1 aromatic rings. The molecular formula is C26H48N2O4. The van der Waals surface area contributed by atoms with Crippen LogP contribution in [0.3, 0.4) is 0 Å². The van der Waals surface area contributed by atoms with Crippen molar-refractivity contribution in [1.82, 2.24) is 0 Å². The van der Waals surface area contributed by atoms with Crippen LogP contribution in [-0.2, 0) is 9.47 Å². The van der Waals surface area contributed by atoms with E-state index < -0.39 is 12.2 Å². The van der Waals surface area contributed by atoms with Crippen molar-refractivity contribution in [3.8, 4) is 0 Å². The standard InChI is InChI=1S/C26H48N2O4/c1-3-5-7-9-11-17-31-21-25(29)19-27-23-13-15-24(16-14-23)28-20-26(30)22-32-18-12-10-8-6-4-2/h13-16,25-30H,3-12,17-22H2,1-2H3. The lowest BCUT2D eigenvalue weighted by molar-refractivity contribution is 0.0416. The van der Waals surface area contributed by atoms with Gasteiger partial charge in [0.2, 0.25) is 0 Å². The molecule has 0 radical (unpaired) electrons. The summed E-state index contributed by atoms with van der Waals surface area (Å²) in [5.41, 5.74) is 1.89. The van der Waals surface area contributed by atoms with Gasteiger partial charge < -0.3 is 30.3 Å². The number of aliphatic hydroxyl groups is 2. The normalized spacial score (nSPS) is 13.1. The Bertz CT molecular complexity index is 480. The third-order valence-electron chi connectivity index (χ3n) is 5.37. The summed E-state index contributed by atoms with van der Waals surface area (Å²) in [5, 5.41) is 26.6. The molecule has 0 aliphatic heterocycles. The summed E-state index contributed by atoms with van der Waals surface area (Å²) in [4.78, 5) is 0. The molecular weight excluding hydrogens is 404 g/mol. The Balaban J connectivity index is 2.07. The van der Waals surface area contributed by atoms with Crippen LogP contribution in [0.2, 0.25) is 0 Å². The van der Waals surface area contributed by atoms with Crippen LogP contribution in [0.5, 0.6) is 0 Å². The summed E-state index contributed by atoms with van der Waals surface area (Å²) in [5.74, 6) is 0. The maximum absolute atomic E-state index is 10.1. The number of hydrogen-bond acceptors (Lipinski definition) is 6. The molecule has 0 saturated heterocycles. The quantitative estimate of drug-likeness (QED) is 0.181. The van der Waals surface area contributed by atoms with E-state index in [1.54, 1.807) is 0 Å². The number of aliphatic hydroxyl groups excluding tert-OH is 2. The fourth-order valence-corrected chi connectivity index (χ4v) is 3.35. The summed E-state index contributed by atoms with van der Waals surface area (Å²) in [6.45, 7) is 7.49. The average Bonchev–Trinajstić information content (AvgIpc) is 2.81. The van der Waals surface area contributed by atoms with E-state index in [4.69, 9.17) is 9.47 Å². The minimum absolute atomic E-state index is 0.360. The smallest absolute Gasteiger partial charge is 0.0945 e. The van der Waals surface area contributed by atoms with E-state index in [1.807, 2.05) is 24.3 Å². The van der Waals surface area contributed by atoms with Gasteiger partial charge >= 0.3 is 0 Å². The molecule has 1 rings (SSSR count). The molecule has 0 fully saturated rings. The average molecular weight is 453 g/mol. The number of benzene rings is 1. The molecule has 0 heterocycles. The third-order valence-corrected chi connectivity index (χ3v) is 5.37. The molecule has 0 amide bonds. The monoisotopic (exact) mass is 452 g/mol. The lowest BCUT2D eigenvalue weighted by Gasteiger charge is -2.15. The van der Waals surface area contributed by atoms with E-state index >= 15 is 0 Å². The van der Waals surface area contributed by atoms with Crippen molar-refractivity contribution >= 4 is 11.4 Å². The van der Waals surface area contributed by atoms with Crippen molar-refractivity contribution in [2.45, 2.75) is 90.3 Å². The van der Waals surface area contributed by atoms with E-state index in [0.29, 0.717) is 26.3 Å². The molecule has 32 heavy (non-hydrogen) atoms.